The number of benzene rings is 3. The molecule has 1 atom stereocenters. The number of anilines is 1. The summed E-state index contributed by atoms with van der Waals surface area (Å²) in [6.07, 6.45) is 0. The van der Waals surface area contributed by atoms with Gasteiger partial charge in [0.15, 0.2) is 0 Å². The van der Waals surface area contributed by atoms with Crippen LogP contribution in [0.2, 0.25) is 0 Å². The van der Waals surface area contributed by atoms with Crippen molar-refractivity contribution < 1.29 is 24.7 Å². The second-order valence-corrected chi connectivity index (χ2v) is 6.90. The lowest BCUT2D eigenvalue weighted by Gasteiger charge is -2.25. The maximum atomic E-state index is 13.0. The predicted molar refractivity (Wildman–Crippen MR) is 112 cm³/mol. The van der Waals surface area contributed by atoms with Gasteiger partial charge in [-0.3, -0.25) is 24.6 Å². The van der Waals surface area contributed by atoms with Crippen LogP contribution in [0.15, 0.2) is 84.4 Å². The zero-order valence-electron chi connectivity index (χ0n) is 16.0. The van der Waals surface area contributed by atoms with Gasteiger partial charge in [0.25, 0.3) is 17.4 Å². The summed E-state index contributed by atoms with van der Waals surface area (Å²) >= 11 is 0. The molecule has 1 heterocycles. The normalized spacial score (nSPS) is 17.7. The molecule has 0 radical (unpaired) electrons. The maximum Gasteiger partial charge on any atom is 0.300 e. The summed E-state index contributed by atoms with van der Waals surface area (Å²) in [7, 11) is 0. The van der Waals surface area contributed by atoms with Crippen LogP contribution in [0.3, 0.4) is 0 Å². The van der Waals surface area contributed by atoms with Crippen LogP contribution >= 0.6 is 0 Å². The Balaban J connectivity index is 1.97. The molecule has 1 aliphatic rings. The van der Waals surface area contributed by atoms with E-state index in [2.05, 4.69) is 0 Å². The smallest absolute Gasteiger partial charge is 0.300 e. The standard InChI is InChI=1S/C23H16N2O6/c26-18-11-9-16(10-12-18)24-20(15-7-4-8-17(13-15)25(30)31)19(22(28)23(24)29)21(27)14-5-2-1-3-6-14/h1-13,20,26-27H/b21-19-. The number of nitrogens with zero attached hydrogens (tertiary/aromatic N) is 2. The van der Waals surface area contributed by atoms with Crippen molar-refractivity contribution in [2.45, 2.75) is 6.04 Å². The Morgan fingerprint density at radius 2 is 1.61 bits per heavy atom. The quantitative estimate of drug-likeness (QED) is 0.219. The molecule has 0 spiro atoms. The molecule has 1 saturated heterocycles. The molecule has 31 heavy (non-hydrogen) atoms. The van der Waals surface area contributed by atoms with Gasteiger partial charge in [-0.2, -0.15) is 0 Å². The van der Waals surface area contributed by atoms with E-state index in [1.807, 2.05) is 0 Å². The summed E-state index contributed by atoms with van der Waals surface area (Å²) in [6.45, 7) is 0. The summed E-state index contributed by atoms with van der Waals surface area (Å²) in [5, 5.41) is 31.8. The highest BCUT2D eigenvalue weighted by molar-refractivity contribution is 6.51. The second-order valence-electron chi connectivity index (χ2n) is 6.90. The number of rotatable bonds is 4. The number of hydrogen-bond acceptors (Lipinski definition) is 6. The van der Waals surface area contributed by atoms with Gasteiger partial charge in [0.1, 0.15) is 11.5 Å². The van der Waals surface area contributed by atoms with Crippen molar-refractivity contribution in [3.05, 3.63) is 106 Å². The number of phenolic OH excluding ortho intramolecular Hbond substituents is 1. The Morgan fingerprint density at radius 3 is 2.26 bits per heavy atom. The maximum absolute atomic E-state index is 13.0. The molecule has 8 heteroatoms. The zero-order valence-corrected chi connectivity index (χ0v) is 16.0. The van der Waals surface area contributed by atoms with Crippen molar-refractivity contribution in [1.29, 1.82) is 0 Å². The molecular weight excluding hydrogens is 400 g/mol. The fourth-order valence-electron chi connectivity index (χ4n) is 3.59. The molecule has 1 unspecified atom stereocenters. The van der Waals surface area contributed by atoms with Gasteiger partial charge in [0.2, 0.25) is 0 Å². The largest absolute Gasteiger partial charge is 0.508 e. The Labute approximate surface area is 176 Å². The Bertz CT molecular complexity index is 1220. The number of hydrogen-bond donors (Lipinski definition) is 2. The molecule has 154 valence electrons. The molecule has 4 rings (SSSR count). The van der Waals surface area contributed by atoms with Gasteiger partial charge in [-0.05, 0) is 29.8 Å². The molecule has 0 aliphatic carbocycles. The van der Waals surface area contributed by atoms with E-state index in [0.29, 0.717) is 16.8 Å². The van der Waals surface area contributed by atoms with E-state index in [1.165, 1.54) is 42.5 Å². The van der Waals surface area contributed by atoms with Crippen molar-refractivity contribution >= 4 is 28.8 Å². The molecule has 3 aromatic rings. The number of phenols is 1. The van der Waals surface area contributed by atoms with Crippen LogP contribution in [0.4, 0.5) is 11.4 Å². The summed E-state index contributed by atoms with van der Waals surface area (Å²) in [5.74, 6) is -2.21. The SMILES string of the molecule is O=C1C(=O)N(c2ccc(O)cc2)C(c2cccc([N+](=O)[O-])c2)/C1=C(/O)c1ccccc1. The molecule has 8 nitrogen and oxygen atoms in total. The first-order valence-corrected chi connectivity index (χ1v) is 9.28. The third kappa shape index (κ3) is 3.51. The number of nitro benzene ring substituents is 1. The summed E-state index contributed by atoms with van der Waals surface area (Å²) < 4.78 is 0. The number of nitro groups is 1. The number of non-ortho nitro benzene ring substituents is 1. The number of carbonyl (C=O) groups excluding carboxylic acids is 2. The number of Topliss-reactive ketones (excluding diaryl/α,β-unsaturated/α-hetero) is 1. The Kier molecular flexibility index (Phi) is 4.96. The average molecular weight is 416 g/mol. The van der Waals surface area contributed by atoms with Crippen LogP contribution in [0, 0.1) is 10.1 Å². The van der Waals surface area contributed by atoms with Gasteiger partial charge >= 0.3 is 0 Å². The van der Waals surface area contributed by atoms with E-state index in [1.54, 1.807) is 36.4 Å². The second kappa shape index (κ2) is 7.75. The molecule has 0 saturated carbocycles. The lowest BCUT2D eigenvalue weighted by atomic mass is 9.95. The van der Waals surface area contributed by atoms with Crippen molar-refractivity contribution in [3.63, 3.8) is 0 Å². The molecular formula is C23H16N2O6. The van der Waals surface area contributed by atoms with E-state index in [-0.39, 0.29) is 22.8 Å². The lowest BCUT2D eigenvalue weighted by molar-refractivity contribution is -0.384. The van der Waals surface area contributed by atoms with Gasteiger partial charge < -0.3 is 10.2 Å². The first-order valence-electron chi connectivity index (χ1n) is 9.28. The molecule has 0 bridgehead atoms. The topological polar surface area (TPSA) is 121 Å². The van der Waals surface area contributed by atoms with Gasteiger partial charge in [0.05, 0.1) is 16.5 Å². The highest BCUT2D eigenvalue weighted by Gasteiger charge is 2.47. The van der Waals surface area contributed by atoms with Crippen molar-refractivity contribution in [2.75, 3.05) is 4.90 Å². The van der Waals surface area contributed by atoms with Crippen LogP contribution in [0.25, 0.3) is 5.76 Å². The summed E-state index contributed by atoms with van der Waals surface area (Å²) in [4.78, 5) is 37.8. The first kappa shape index (κ1) is 19.8. The number of aromatic hydroxyl groups is 1. The van der Waals surface area contributed by atoms with E-state index in [0.717, 1.165) is 4.90 Å². The monoisotopic (exact) mass is 416 g/mol. The lowest BCUT2D eigenvalue weighted by Crippen LogP contribution is -2.29. The fraction of sp³-hybridized carbons (Fsp3) is 0.0435. The van der Waals surface area contributed by atoms with E-state index in [9.17, 15) is 29.9 Å². The molecule has 1 aliphatic heterocycles. The fourth-order valence-corrected chi connectivity index (χ4v) is 3.59. The van der Waals surface area contributed by atoms with Crippen LogP contribution < -0.4 is 4.90 Å². The zero-order chi connectivity index (χ0) is 22.1. The molecule has 2 N–H and O–H groups in total. The van der Waals surface area contributed by atoms with Gasteiger partial charge in [-0.25, -0.2) is 0 Å². The number of aliphatic hydroxyl groups is 1. The molecule has 0 aromatic heterocycles. The van der Waals surface area contributed by atoms with Crippen LogP contribution in [0.1, 0.15) is 17.2 Å². The molecule has 1 amide bonds. The van der Waals surface area contributed by atoms with Gasteiger partial charge in [-0.1, -0.05) is 42.5 Å². The minimum atomic E-state index is -1.09. The van der Waals surface area contributed by atoms with E-state index < -0.39 is 22.7 Å². The number of ketones is 1. The predicted octanol–water partition coefficient (Wildman–Crippen LogP) is 3.93. The number of amides is 1. The minimum Gasteiger partial charge on any atom is -0.508 e. The summed E-state index contributed by atoms with van der Waals surface area (Å²) in [6, 6.07) is 18.4. The molecule has 3 aromatic carbocycles. The van der Waals surface area contributed by atoms with Crippen LogP contribution in [-0.2, 0) is 9.59 Å². The van der Waals surface area contributed by atoms with E-state index >= 15 is 0 Å². The van der Waals surface area contributed by atoms with Crippen molar-refractivity contribution in [3.8, 4) is 5.75 Å². The minimum absolute atomic E-state index is 0.0310. The van der Waals surface area contributed by atoms with Crippen molar-refractivity contribution in [1.82, 2.24) is 0 Å². The van der Waals surface area contributed by atoms with Crippen molar-refractivity contribution in [2.24, 2.45) is 0 Å². The van der Waals surface area contributed by atoms with E-state index in [4.69, 9.17) is 0 Å². The number of carbonyl (C=O) groups is 2. The highest BCUT2D eigenvalue weighted by Crippen LogP contribution is 2.43. The third-order valence-electron chi connectivity index (χ3n) is 5.02. The molecule has 1 fully saturated rings. The Hall–Kier alpha value is -4.46. The summed E-state index contributed by atoms with van der Waals surface area (Å²) in [5.41, 5.74) is 0.530. The average Bonchev–Trinajstić information content (AvgIpc) is 3.05. The van der Waals surface area contributed by atoms with Gasteiger partial charge in [0, 0.05) is 23.4 Å². The third-order valence-corrected chi connectivity index (χ3v) is 5.02. The first-order chi connectivity index (χ1) is 14.9. The van der Waals surface area contributed by atoms with Crippen LogP contribution in [0.5, 0.6) is 5.75 Å². The Morgan fingerprint density at radius 1 is 0.935 bits per heavy atom. The number of aliphatic hydroxyl groups excluding tert-OH is 1. The highest BCUT2D eigenvalue weighted by atomic mass is 16.6. The van der Waals surface area contributed by atoms with Gasteiger partial charge in [-0.15, -0.1) is 0 Å². The van der Waals surface area contributed by atoms with Crippen LogP contribution in [-0.4, -0.2) is 26.8 Å².